The van der Waals surface area contributed by atoms with Crippen molar-refractivity contribution < 1.29 is 4.57 Å². The van der Waals surface area contributed by atoms with Crippen LogP contribution in [-0.2, 0) is 6.54 Å². The Labute approximate surface area is 144 Å². The fourth-order valence-electron chi connectivity index (χ4n) is 4.02. The highest BCUT2D eigenvalue weighted by Gasteiger charge is 2.33. The number of hydrogen-bond acceptors (Lipinski definition) is 1. The Bertz CT molecular complexity index is 1260. The number of aromatic nitrogens is 4. The highest BCUT2D eigenvalue weighted by molar-refractivity contribution is 5.83. The van der Waals surface area contributed by atoms with E-state index in [1.54, 1.807) is 0 Å². The molecule has 2 aromatic carbocycles. The van der Waals surface area contributed by atoms with Gasteiger partial charge in [0.05, 0.1) is 5.56 Å². The Morgan fingerprint density at radius 3 is 2.64 bits per heavy atom. The van der Waals surface area contributed by atoms with Gasteiger partial charge in [-0.05, 0) is 30.3 Å². The first-order valence-corrected chi connectivity index (χ1v) is 8.46. The zero-order chi connectivity index (χ0) is 16.4. The molecule has 3 aromatic heterocycles. The van der Waals surface area contributed by atoms with E-state index in [1.807, 2.05) is 18.3 Å². The summed E-state index contributed by atoms with van der Waals surface area (Å²) in [5, 5.41) is 0. The Morgan fingerprint density at radius 2 is 1.72 bits per heavy atom. The zero-order valence-electron chi connectivity index (χ0n) is 13.5. The standard InChI is InChI=1S/C21H15N4/c1-2-8-16(9-3-1)24-18-11-6-12-22-20(18)25-19(24)14-23-13-15-7-4-5-10-17(15)21(23)25/h1-12,14H,13H2/q+1. The van der Waals surface area contributed by atoms with Crippen LogP contribution in [0.2, 0.25) is 0 Å². The molecule has 6 rings (SSSR count). The molecule has 0 saturated heterocycles. The summed E-state index contributed by atoms with van der Waals surface area (Å²) in [6, 6.07) is 23.3. The lowest BCUT2D eigenvalue weighted by Crippen LogP contribution is -2.29. The van der Waals surface area contributed by atoms with Gasteiger partial charge in [-0.25, -0.2) is 9.55 Å². The predicted molar refractivity (Wildman–Crippen MR) is 96.8 cm³/mol. The van der Waals surface area contributed by atoms with E-state index in [9.17, 15) is 0 Å². The predicted octanol–water partition coefficient (Wildman–Crippen LogP) is 3.59. The molecule has 1 aliphatic rings. The van der Waals surface area contributed by atoms with E-state index in [1.165, 1.54) is 17.0 Å². The maximum Gasteiger partial charge on any atom is 0.297 e. The van der Waals surface area contributed by atoms with Crippen molar-refractivity contribution >= 4 is 16.8 Å². The lowest BCUT2D eigenvalue weighted by Gasteiger charge is -2.02. The molecule has 4 nitrogen and oxygen atoms in total. The normalized spacial score (nSPS) is 12.6. The topological polar surface area (TPSA) is 26.1 Å². The van der Waals surface area contributed by atoms with Crippen molar-refractivity contribution in [3.05, 3.63) is 84.7 Å². The van der Waals surface area contributed by atoms with Gasteiger partial charge in [-0.3, -0.25) is 4.57 Å². The van der Waals surface area contributed by atoms with Gasteiger partial charge in [0.1, 0.15) is 12.1 Å². The minimum Gasteiger partial charge on any atom is -0.268 e. The molecule has 118 valence electrons. The fourth-order valence-corrected chi connectivity index (χ4v) is 4.02. The maximum atomic E-state index is 4.71. The Hall–Kier alpha value is -3.40. The van der Waals surface area contributed by atoms with Gasteiger partial charge in [0, 0.05) is 17.4 Å². The van der Waals surface area contributed by atoms with Gasteiger partial charge < -0.3 is 0 Å². The largest absolute Gasteiger partial charge is 0.297 e. The lowest BCUT2D eigenvalue weighted by molar-refractivity contribution is -0.670. The zero-order valence-corrected chi connectivity index (χ0v) is 13.5. The molecule has 0 saturated carbocycles. The molecule has 4 heteroatoms. The second kappa shape index (κ2) is 4.57. The quantitative estimate of drug-likeness (QED) is 0.425. The van der Waals surface area contributed by atoms with E-state index >= 15 is 0 Å². The smallest absolute Gasteiger partial charge is 0.268 e. The third-order valence-corrected chi connectivity index (χ3v) is 5.05. The van der Waals surface area contributed by atoms with Crippen LogP contribution in [0.15, 0.2) is 79.1 Å². The fraction of sp³-hybridized carbons (Fsp3) is 0.0476. The summed E-state index contributed by atoms with van der Waals surface area (Å²) < 4.78 is 6.90. The third kappa shape index (κ3) is 1.61. The van der Waals surface area contributed by atoms with Gasteiger partial charge in [-0.15, -0.1) is 0 Å². The summed E-state index contributed by atoms with van der Waals surface area (Å²) in [6.45, 7) is 0.913. The van der Waals surface area contributed by atoms with Crippen LogP contribution in [0.25, 0.3) is 33.9 Å². The molecule has 0 unspecified atom stereocenters. The van der Waals surface area contributed by atoms with Crippen molar-refractivity contribution in [3.8, 4) is 17.1 Å². The van der Waals surface area contributed by atoms with Crippen LogP contribution < -0.4 is 4.57 Å². The lowest BCUT2D eigenvalue weighted by atomic mass is 10.1. The average Bonchev–Trinajstić information content (AvgIpc) is 3.28. The molecular weight excluding hydrogens is 308 g/mol. The van der Waals surface area contributed by atoms with Crippen LogP contribution in [0, 0.1) is 0 Å². The third-order valence-electron chi connectivity index (χ3n) is 5.05. The van der Waals surface area contributed by atoms with Gasteiger partial charge >= 0.3 is 0 Å². The first-order valence-electron chi connectivity index (χ1n) is 8.46. The van der Waals surface area contributed by atoms with E-state index in [4.69, 9.17) is 4.98 Å². The van der Waals surface area contributed by atoms with Gasteiger partial charge in [-0.1, -0.05) is 36.4 Å². The molecule has 0 amide bonds. The summed E-state index contributed by atoms with van der Waals surface area (Å²) in [4.78, 5) is 4.71. The maximum absolute atomic E-state index is 4.71. The Balaban J connectivity index is 1.81. The van der Waals surface area contributed by atoms with Crippen LogP contribution in [0.4, 0.5) is 0 Å². The van der Waals surface area contributed by atoms with Crippen molar-refractivity contribution in [2.75, 3.05) is 0 Å². The van der Waals surface area contributed by atoms with Crippen LogP contribution >= 0.6 is 0 Å². The van der Waals surface area contributed by atoms with Crippen molar-refractivity contribution in [2.45, 2.75) is 6.54 Å². The monoisotopic (exact) mass is 323 g/mol. The molecule has 0 bridgehead atoms. The van der Waals surface area contributed by atoms with E-state index in [0.717, 1.165) is 29.0 Å². The first kappa shape index (κ1) is 13.0. The second-order valence-corrected chi connectivity index (χ2v) is 6.45. The summed E-state index contributed by atoms with van der Waals surface area (Å²) in [6.07, 6.45) is 4.11. The molecule has 0 N–H and O–H groups in total. The Kier molecular flexibility index (Phi) is 2.37. The van der Waals surface area contributed by atoms with Crippen LogP contribution in [0.1, 0.15) is 5.56 Å². The molecule has 1 aliphatic heterocycles. The summed E-state index contributed by atoms with van der Waals surface area (Å²) >= 11 is 0. The van der Waals surface area contributed by atoms with E-state index in [2.05, 4.69) is 74.3 Å². The molecule has 4 heterocycles. The Morgan fingerprint density at radius 1 is 0.880 bits per heavy atom. The minimum atomic E-state index is 0.913. The van der Waals surface area contributed by atoms with Gasteiger partial charge in [0.15, 0.2) is 6.20 Å². The van der Waals surface area contributed by atoms with Crippen LogP contribution in [0.5, 0.6) is 0 Å². The average molecular weight is 323 g/mol. The van der Waals surface area contributed by atoms with Crippen LogP contribution in [0.3, 0.4) is 0 Å². The first-order chi connectivity index (χ1) is 12.4. The highest BCUT2D eigenvalue weighted by Crippen LogP contribution is 2.32. The van der Waals surface area contributed by atoms with E-state index < -0.39 is 0 Å². The number of hydrogen-bond donors (Lipinski definition) is 0. The van der Waals surface area contributed by atoms with Gasteiger partial charge in [0.25, 0.3) is 17.1 Å². The number of nitrogens with zero attached hydrogens (tertiary/aromatic N) is 4. The number of rotatable bonds is 1. The number of pyridine rings is 1. The number of fused-ring (bicyclic) bond motifs is 7. The molecule has 0 atom stereocenters. The van der Waals surface area contributed by atoms with Gasteiger partial charge in [0.2, 0.25) is 0 Å². The van der Waals surface area contributed by atoms with E-state index in [-0.39, 0.29) is 0 Å². The van der Waals surface area contributed by atoms with Crippen LogP contribution in [-0.4, -0.2) is 14.0 Å². The number of para-hydroxylation sites is 1. The number of imidazole rings is 2. The molecule has 5 aromatic rings. The highest BCUT2D eigenvalue weighted by atomic mass is 15.3. The van der Waals surface area contributed by atoms with Gasteiger partial charge in [-0.2, -0.15) is 4.40 Å². The van der Waals surface area contributed by atoms with Crippen molar-refractivity contribution in [1.29, 1.82) is 0 Å². The molecule has 0 fully saturated rings. The molecular formula is C21H15N4+. The molecule has 0 spiro atoms. The van der Waals surface area contributed by atoms with E-state index in [0.29, 0.717) is 0 Å². The molecule has 0 aliphatic carbocycles. The molecule has 25 heavy (non-hydrogen) atoms. The SMILES string of the molecule is c1ccc(-n2c3cccnc3n3c4[n+](cc23)Cc2ccccc2-4)cc1. The summed E-state index contributed by atoms with van der Waals surface area (Å²) in [7, 11) is 0. The van der Waals surface area contributed by atoms with Crippen molar-refractivity contribution in [1.82, 2.24) is 14.0 Å². The summed E-state index contributed by atoms with van der Waals surface area (Å²) in [5.74, 6) is 1.21. The second-order valence-electron chi connectivity index (χ2n) is 6.45. The molecule has 0 radical (unpaired) electrons. The van der Waals surface area contributed by atoms with Crippen molar-refractivity contribution in [3.63, 3.8) is 0 Å². The van der Waals surface area contributed by atoms with Crippen molar-refractivity contribution in [2.24, 2.45) is 0 Å². The number of benzene rings is 2. The summed E-state index contributed by atoms with van der Waals surface area (Å²) in [5.41, 5.74) is 7.07. The minimum absolute atomic E-state index is 0.913.